The van der Waals surface area contributed by atoms with E-state index in [0.29, 0.717) is 6.54 Å². The number of hydrogen-bond acceptors (Lipinski definition) is 5. The van der Waals surface area contributed by atoms with Gasteiger partial charge >= 0.3 is 0 Å². The molecule has 0 radical (unpaired) electrons. The van der Waals surface area contributed by atoms with Crippen LogP contribution in [0.4, 0.5) is 5.82 Å². The van der Waals surface area contributed by atoms with Gasteiger partial charge in [-0.2, -0.15) is 0 Å². The molecule has 5 nitrogen and oxygen atoms in total. The number of nitrogens with zero attached hydrogens (tertiary/aromatic N) is 2. The maximum atomic E-state index is 12.2. The predicted molar refractivity (Wildman–Crippen MR) is 87.5 cm³/mol. The lowest BCUT2D eigenvalue weighted by Crippen LogP contribution is -2.37. The number of rotatable bonds is 4. The molecule has 2 aromatic rings. The molecule has 0 spiro atoms. The molecule has 0 aliphatic carbocycles. The average Bonchev–Trinajstić information content (AvgIpc) is 3.00. The summed E-state index contributed by atoms with van der Waals surface area (Å²) in [7, 11) is 0. The topological polar surface area (TPSA) is 54.5 Å². The van der Waals surface area contributed by atoms with E-state index < -0.39 is 0 Å². The quantitative estimate of drug-likeness (QED) is 0.939. The van der Waals surface area contributed by atoms with Crippen LogP contribution < -0.4 is 10.2 Å². The highest BCUT2D eigenvalue weighted by Gasteiger charge is 2.16. The Morgan fingerprint density at radius 3 is 2.91 bits per heavy atom. The van der Waals surface area contributed by atoms with E-state index in [0.717, 1.165) is 47.4 Å². The second-order valence-corrected chi connectivity index (χ2v) is 6.47. The van der Waals surface area contributed by atoms with Crippen molar-refractivity contribution in [3.8, 4) is 0 Å². The van der Waals surface area contributed by atoms with Gasteiger partial charge in [-0.15, -0.1) is 11.3 Å². The smallest absolute Gasteiger partial charge is 0.261 e. The number of pyridine rings is 1. The molecule has 1 aliphatic heterocycles. The van der Waals surface area contributed by atoms with Crippen LogP contribution in [0.2, 0.25) is 0 Å². The summed E-state index contributed by atoms with van der Waals surface area (Å²) in [5, 5.41) is 2.98. The third-order valence-corrected chi connectivity index (χ3v) is 4.58. The van der Waals surface area contributed by atoms with Crippen molar-refractivity contribution in [3.63, 3.8) is 0 Å². The molecule has 3 rings (SSSR count). The van der Waals surface area contributed by atoms with Gasteiger partial charge in [0.1, 0.15) is 5.82 Å². The number of nitrogens with one attached hydrogen (secondary N) is 1. The summed E-state index contributed by atoms with van der Waals surface area (Å²) in [5.41, 5.74) is 1.03. The van der Waals surface area contributed by atoms with Crippen LogP contribution in [-0.2, 0) is 11.3 Å². The monoisotopic (exact) mass is 317 g/mol. The average molecular weight is 317 g/mol. The van der Waals surface area contributed by atoms with Gasteiger partial charge in [-0.3, -0.25) is 4.79 Å². The number of anilines is 1. The zero-order valence-electron chi connectivity index (χ0n) is 12.5. The summed E-state index contributed by atoms with van der Waals surface area (Å²) < 4.78 is 5.38. The highest BCUT2D eigenvalue weighted by Crippen LogP contribution is 2.19. The van der Waals surface area contributed by atoms with Gasteiger partial charge in [0, 0.05) is 36.3 Å². The lowest BCUT2D eigenvalue weighted by Gasteiger charge is -2.29. The molecule has 1 aliphatic rings. The Balaban J connectivity index is 1.68. The highest BCUT2D eigenvalue weighted by molar-refractivity contribution is 7.13. The Morgan fingerprint density at radius 2 is 2.18 bits per heavy atom. The summed E-state index contributed by atoms with van der Waals surface area (Å²) in [6, 6.07) is 7.74. The molecule has 3 heterocycles. The normalized spacial score (nSPS) is 14.9. The van der Waals surface area contributed by atoms with Gasteiger partial charge in [0.05, 0.1) is 18.1 Å². The number of aryl methyl sites for hydroxylation is 1. The molecule has 0 saturated carbocycles. The minimum Gasteiger partial charge on any atom is -0.378 e. The van der Waals surface area contributed by atoms with Crippen LogP contribution in [0.25, 0.3) is 0 Å². The number of ether oxygens (including phenoxy) is 1. The molecule has 1 N–H and O–H groups in total. The predicted octanol–water partition coefficient (Wildman–Crippen LogP) is 2.22. The molecule has 1 amide bonds. The summed E-state index contributed by atoms with van der Waals surface area (Å²) in [4.78, 5) is 20.7. The number of carbonyl (C=O) groups excluding carboxylic acids is 1. The first-order valence-corrected chi connectivity index (χ1v) is 8.17. The lowest BCUT2D eigenvalue weighted by molar-refractivity contribution is 0.0954. The van der Waals surface area contributed by atoms with Crippen LogP contribution in [0.15, 0.2) is 30.5 Å². The van der Waals surface area contributed by atoms with Gasteiger partial charge < -0.3 is 15.0 Å². The summed E-state index contributed by atoms with van der Waals surface area (Å²) in [6.07, 6.45) is 1.79. The molecule has 1 saturated heterocycles. The van der Waals surface area contributed by atoms with Gasteiger partial charge in [0.2, 0.25) is 0 Å². The molecule has 0 unspecified atom stereocenters. The first kappa shape index (κ1) is 15.0. The van der Waals surface area contributed by atoms with Gasteiger partial charge in [-0.25, -0.2) is 4.98 Å². The molecule has 0 aromatic carbocycles. The molecule has 116 valence electrons. The van der Waals surface area contributed by atoms with Crippen molar-refractivity contribution in [2.24, 2.45) is 0 Å². The van der Waals surface area contributed by atoms with Crippen LogP contribution in [0, 0.1) is 6.92 Å². The van der Waals surface area contributed by atoms with Gasteiger partial charge in [-0.05, 0) is 25.1 Å². The molecule has 2 aromatic heterocycles. The van der Waals surface area contributed by atoms with Crippen molar-refractivity contribution in [3.05, 3.63) is 45.8 Å². The fraction of sp³-hybridized carbons (Fsp3) is 0.375. The second kappa shape index (κ2) is 6.89. The largest absolute Gasteiger partial charge is 0.378 e. The minimum atomic E-state index is -0.0325. The van der Waals surface area contributed by atoms with E-state index in [2.05, 4.69) is 15.2 Å². The Kier molecular flexibility index (Phi) is 4.70. The standard InChI is InChI=1S/C16H19N3O2S/c1-12-4-5-14(22-12)16(20)18-11-13-3-2-6-17-15(13)19-7-9-21-10-8-19/h2-6H,7-11H2,1H3,(H,18,20). The number of hydrogen-bond donors (Lipinski definition) is 1. The molecular weight excluding hydrogens is 298 g/mol. The fourth-order valence-electron chi connectivity index (χ4n) is 2.45. The van der Waals surface area contributed by atoms with E-state index >= 15 is 0 Å². The zero-order chi connectivity index (χ0) is 15.4. The Hall–Kier alpha value is -1.92. The Bertz CT molecular complexity index is 650. The zero-order valence-corrected chi connectivity index (χ0v) is 13.4. The molecule has 0 bridgehead atoms. The van der Waals surface area contributed by atoms with Crippen molar-refractivity contribution < 1.29 is 9.53 Å². The molecule has 6 heteroatoms. The number of aromatic nitrogens is 1. The first-order valence-electron chi connectivity index (χ1n) is 7.35. The fourth-order valence-corrected chi connectivity index (χ4v) is 3.23. The van der Waals surface area contributed by atoms with Crippen molar-refractivity contribution in [2.45, 2.75) is 13.5 Å². The minimum absolute atomic E-state index is 0.0325. The SMILES string of the molecule is Cc1ccc(C(=O)NCc2cccnc2N2CCOCC2)s1. The number of amides is 1. The van der Waals surface area contributed by atoms with Crippen LogP contribution in [0.5, 0.6) is 0 Å². The van der Waals surface area contributed by atoms with Crippen LogP contribution >= 0.6 is 11.3 Å². The van der Waals surface area contributed by atoms with E-state index in [9.17, 15) is 4.79 Å². The van der Waals surface area contributed by atoms with E-state index in [-0.39, 0.29) is 5.91 Å². The third-order valence-electron chi connectivity index (χ3n) is 3.58. The van der Waals surface area contributed by atoms with Gasteiger partial charge in [0.25, 0.3) is 5.91 Å². The molecule has 0 atom stereocenters. The maximum Gasteiger partial charge on any atom is 0.261 e. The van der Waals surface area contributed by atoms with E-state index in [1.165, 1.54) is 11.3 Å². The molecule has 1 fully saturated rings. The first-order chi connectivity index (χ1) is 10.7. The Labute approximate surface area is 133 Å². The van der Waals surface area contributed by atoms with Crippen molar-refractivity contribution in [1.82, 2.24) is 10.3 Å². The molecular formula is C16H19N3O2S. The van der Waals surface area contributed by atoms with Crippen LogP contribution in [0.1, 0.15) is 20.1 Å². The summed E-state index contributed by atoms with van der Waals surface area (Å²) in [5.74, 6) is 0.906. The number of carbonyl (C=O) groups is 1. The maximum absolute atomic E-state index is 12.2. The van der Waals surface area contributed by atoms with E-state index in [1.807, 2.05) is 31.2 Å². The summed E-state index contributed by atoms with van der Waals surface area (Å²) >= 11 is 1.51. The third kappa shape index (κ3) is 3.45. The van der Waals surface area contributed by atoms with Crippen LogP contribution in [0.3, 0.4) is 0 Å². The lowest BCUT2D eigenvalue weighted by atomic mass is 10.2. The van der Waals surface area contributed by atoms with E-state index in [1.54, 1.807) is 6.20 Å². The van der Waals surface area contributed by atoms with Gasteiger partial charge in [-0.1, -0.05) is 6.07 Å². The van der Waals surface area contributed by atoms with Crippen molar-refractivity contribution >= 4 is 23.1 Å². The van der Waals surface area contributed by atoms with Crippen molar-refractivity contribution in [1.29, 1.82) is 0 Å². The Morgan fingerprint density at radius 1 is 1.36 bits per heavy atom. The molecule has 22 heavy (non-hydrogen) atoms. The van der Waals surface area contributed by atoms with Crippen LogP contribution in [-0.4, -0.2) is 37.2 Å². The second-order valence-electron chi connectivity index (χ2n) is 5.18. The van der Waals surface area contributed by atoms with E-state index in [4.69, 9.17) is 4.74 Å². The number of morpholine rings is 1. The summed E-state index contributed by atoms with van der Waals surface area (Å²) in [6.45, 7) is 5.59. The highest BCUT2D eigenvalue weighted by atomic mass is 32.1. The van der Waals surface area contributed by atoms with Crippen molar-refractivity contribution in [2.75, 3.05) is 31.2 Å². The number of thiophene rings is 1. The van der Waals surface area contributed by atoms with Gasteiger partial charge in [0.15, 0.2) is 0 Å².